The Balaban J connectivity index is 0.000000771. The van der Waals surface area contributed by atoms with Crippen molar-refractivity contribution in [2.24, 2.45) is 0 Å². The highest BCUT2D eigenvalue weighted by molar-refractivity contribution is 5.57. The van der Waals surface area contributed by atoms with E-state index >= 15 is 0 Å². The minimum absolute atomic E-state index is 0.0744. The number of aromatic hydroxyl groups is 1. The molecular weight excluding hydrogens is 228 g/mol. The lowest BCUT2D eigenvalue weighted by atomic mass is 10.2. The minimum Gasteiger partial charge on any atom is -0.504 e. The first kappa shape index (κ1) is 14.2. The zero-order valence-corrected chi connectivity index (χ0v) is 11.6. The van der Waals surface area contributed by atoms with Gasteiger partial charge in [0, 0.05) is 17.5 Å². The molecule has 0 saturated carbocycles. The number of hydrogen-bond donors (Lipinski definition) is 1. The van der Waals surface area contributed by atoms with E-state index in [1.807, 2.05) is 20.8 Å². The summed E-state index contributed by atoms with van der Waals surface area (Å²) in [5.41, 5.74) is 2.34. The number of aromatic nitrogens is 2. The van der Waals surface area contributed by atoms with Crippen molar-refractivity contribution < 1.29 is 5.11 Å². The molecule has 0 aliphatic carbocycles. The van der Waals surface area contributed by atoms with E-state index in [1.54, 1.807) is 26.1 Å². The van der Waals surface area contributed by atoms with E-state index in [9.17, 15) is 9.90 Å². The molecule has 18 heavy (non-hydrogen) atoms. The molecule has 0 spiro atoms. The Kier molecular flexibility index (Phi) is 4.48. The standard InChI is InChI=1S/C12H14N2O2.C2H6/c1-4-9-8(3)13-11-10(15)7(2)5-6-14(11)12(9)16;1-2/h5-6,15H,4H2,1-3H3;1-2H3. The highest BCUT2D eigenvalue weighted by Gasteiger charge is 2.11. The maximum absolute atomic E-state index is 12.1. The third-order valence-electron chi connectivity index (χ3n) is 2.83. The molecule has 0 amide bonds. The van der Waals surface area contributed by atoms with Crippen LogP contribution in [0.3, 0.4) is 0 Å². The molecule has 2 aromatic heterocycles. The summed E-state index contributed by atoms with van der Waals surface area (Å²) in [5.74, 6) is 0.0744. The molecular formula is C14H20N2O2. The van der Waals surface area contributed by atoms with Gasteiger partial charge in [-0.05, 0) is 31.9 Å². The van der Waals surface area contributed by atoms with Crippen molar-refractivity contribution in [2.75, 3.05) is 0 Å². The number of nitrogens with zero attached hydrogens (tertiary/aromatic N) is 2. The van der Waals surface area contributed by atoms with E-state index < -0.39 is 0 Å². The molecule has 4 heteroatoms. The van der Waals surface area contributed by atoms with Gasteiger partial charge in [0.1, 0.15) is 0 Å². The third-order valence-corrected chi connectivity index (χ3v) is 2.83. The van der Waals surface area contributed by atoms with E-state index in [2.05, 4.69) is 4.98 Å². The zero-order valence-electron chi connectivity index (χ0n) is 11.6. The van der Waals surface area contributed by atoms with E-state index in [4.69, 9.17) is 0 Å². The third kappa shape index (κ3) is 2.23. The molecule has 2 aromatic rings. The predicted octanol–water partition coefficient (Wildman–Crippen LogP) is 2.61. The zero-order chi connectivity index (χ0) is 13.9. The van der Waals surface area contributed by atoms with Crippen molar-refractivity contribution in [3.63, 3.8) is 0 Å². The minimum atomic E-state index is -0.0969. The predicted molar refractivity (Wildman–Crippen MR) is 73.3 cm³/mol. The second kappa shape index (κ2) is 5.67. The first-order chi connectivity index (χ1) is 8.56. The number of hydrogen-bond acceptors (Lipinski definition) is 3. The Bertz CT molecular complexity index is 615. The Hall–Kier alpha value is -1.84. The summed E-state index contributed by atoms with van der Waals surface area (Å²) in [7, 11) is 0. The van der Waals surface area contributed by atoms with Gasteiger partial charge in [0.2, 0.25) is 0 Å². The molecule has 98 valence electrons. The van der Waals surface area contributed by atoms with Crippen LogP contribution < -0.4 is 5.56 Å². The molecule has 0 aromatic carbocycles. The molecule has 4 nitrogen and oxygen atoms in total. The van der Waals surface area contributed by atoms with Gasteiger partial charge in [-0.3, -0.25) is 9.20 Å². The number of fused-ring (bicyclic) bond motifs is 1. The molecule has 0 fully saturated rings. The fourth-order valence-electron chi connectivity index (χ4n) is 1.83. The summed E-state index contributed by atoms with van der Waals surface area (Å²) in [6.07, 6.45) is 2.30. The van der Waals surface area contributed by atoms with E-state index in [0.717, 1.165) is 5.56 Å². The molecule has 0 atom stereocenters. The van der Waals surface area contributed by atoms with E-state index in [0.29, 0.717) is 23.3 Å². The van der Waals surface area contributed by atoms with Crippen molar-refractivity contribution in [1.82, 2.24) is 9.38 Å². The largest absolute Gasteiger partial charge is 0.504 e. The smallest absolute Gasteiger partial charge is 0.261 e. The Morgan fingerprint density at radius 1 is 1.33 bits per heavy atom. The summed E-state index contributed by atoms with van der Waals surface area (Å²) in [6.45, 7) is 9.50. The molecule has 0 radical (unpaired) electrons. The molecule has 0 aliphatic heterocycles. The monoisotopic (exact) mass is 248 g/mol. The van der Waals surface area contributed by atoms with Crippen molar-refractivity contribution in [1.29, 1.82) is 0 Å². The second-order valence-corrected chi connectivity index (χ2v) is 3.88. The van der Waals surface area contributed by atoms with Gasteiger partial charge < -0.3 is 5.11 Å². The highest BCUT2D eigenvalue weighted by Crippen LogP contribution is 2.20. The van der Waals surface area contributed by atoms with Crippen LogP contribution in [0.2, 0.25) is 0 Å². The number of rotatable bonds is 1. The fraction of sp³-hybridized carbons (Fsp3) is 0.429. The molecule has 1 N–H and O–H groups in total. The van der Waals surface area contributed by atoms with E-state index in [1.165, 1.54) is 4.40 Å². The van der Waals surface area contributed by atoms with Gasteiger partial charge >= 0.3 is 0 Å². The molecule has 0 bridgehead atoms. The van der Waals surface area contributed by atoms with Crippen LogP contribution in [0.1, 0.15) is 37.6 Å². The highest BCUT2D eigenvalue weighted by atomic mass is 16.3. The quantitative estimate of drug-likeness (QED) is 0.844. The lowest BCUT2D eigenvalue weighted by Crippen LogP contribution is -2.21. The average molecular weight is 248 g/mol. The van der Waals surface area contributed by atoms with Gasteiger partial charge in [0.25, 0.3) is 5.56 Å². The normalized spacial score (nSPS) is 10.1. The van der Waals surface area contributed by atoms with Crippen LogP contribution in [0.5, 0.6) is 5.75 Å². The maximum atomic E-state index is 12.1. The van der Waals surface area contributed by atoms with Crippen LogP contribution in [-0.4, -0.2) is 14.5 Å². The summed E-state index contributed by atoms with van der Waals surface area (Å²) < 4.78 is 1.40. The lowest BCUT2D eigenvalue weighted by molar-refractivity contribution is 0.472. The van der Waals surface area contributed by atoms with Gasteiger partial charge in [0.15, 0.2) is 11.4 Å². The van der Waals surface area contributed by atoms with Gasteiger partial charge in [0.05, 0.1) is 0 Å². The molecule has 0 aliphatic rings. The summed E-state index contributed by atoms with van der Waals surface area (Å²) >= 11 is 0. The van der Waals surface area contributed by atoms with Crippen LogP contribution in [0, 0.1) is 13.8 Å². The van der Waals surface area contributed by atoms with E-state index in [-0.39, 0.29) is 11.3 Å². The Morgan fingerprint density at radius 3 is 2.50 bits per heavy atom. The fourth-order valence-corrected chi connectivity index (χ4v) is 1.83. The number of aryl methyl sites for hydroxylation is 2. The van der Waals surface area contributed by atoms with Crippen molar-refractivity contribution in [3.8, 4) is 5.75 Å². The molecule has 0 unspecified atom stereocenters. The van der Waals surface area contributed by atoms with Crippen molar-refractivity contribution in [3.05, 3.63) is 39.4 Å². The summed E-state index contributed by atoms with van der Waals surface area (Å²) in [5, 5.41) is 9.85. The van der Waals surface area contributed by atoms with Gasteiger partial charge in [-0.15, -0.1) is 0 Å². The van der Waals surface area contributed by atoms with Crippen LogP contribution in [-0.2, 0) is 6.42 Å². The molecule has 0 saturated heterocycles. The molecule has 2 heterocycles. The summed E-state index contributed by atoms with van der Waals surface area (Å²) in [6, 6.07) is 1.71. The SMILES string of the molecule is CC.CCc1c(C)nc2c(O)c(C)ccn2c1=O. The average Bonchev–Trinajstić information content (AvgIpc) is 2.37. The first-order valence-corrected chi connectivity index (χ1v) is 6.26. The van der Waals surface area contributed by atoms with Crippen LogP contribution in [0.4, 0.5) is 0 Å². The van der Waals surface area contributed by atoms with Crippen LogP contribution in [0.25, 0.3) is 5.65 Å². The van der Waals surface area contributed by atoms with Gasteiger partial charge in [-0.25, -0.2) is 4.98 Å². The van der Waals surface area contributed by atoms with Crippen LogP contribution in [0.15, 0.2) is 17.1 Å². The number of pyridine rings is 1. The van der Waals surface area contributed by atoms with Crippen molar-refractivity contribution in [2.45, 2.75) is 41.0 Å². The first-order valence-electron chi connectivity index (χ1n) is 6.26. The summed E-state index contributed by atoms with van der Waals surface area (Å²) in [4.78, 5) is 16.3. The Morgan fingerprint density at radius 2 is 1.94 bits per heavy atom. The molecule has 2 rings (SSSR count). The van der Waals surface area contributed by atoms with Crippen LogP contribution >= 0.6 is 0 Å². The second-order valence-electron chi connectivity index (χ2n) is 3.88. The van der Waals surface area contributed by atoms with Gasteiger partial charge in [-0.2, -0.15) is 0 Å². The Labute approximate surface area is 107 Å². The topological polar surface area (TPSA) is 54.6 Å². The van der Waals surface area contributed by atoms with Gasteiger partial charge in [-0.1, -0.05) is 20.8 Å². The lowest BCUT2D eigenvalue weighted by Gasteiger charge is -2.08. The maximum Gasteiger partial charge on any atom is 0.261 e. The van der Waals surface area contributed by atoms with Crippen molar-refractivity contribution >= 4 is 5.65 Å².